The van der Waals surface area contributed by atoms with Crippen LogP contribution in [0.25, 0.3) is 0 Å². The van der Waals surface area contributed by atoms with E-state index in [1.807, 2.05) is 0 Å². The molecule has 0 unspecified atom stereocenters. The van der Waals surface area contributed by atoms with Gasteiger partial charge in [0.05, 0.1) is 0 Å². The van der Waals surface area contributed by atoms with Gasteiger partial charge in [-0.05, 0) is 12.1 Å². The smallest absolute Gasteiger partial charge is 0.261 e. The summed E-state index contributed by atoms with van der Waals surface area (Å²) >= 11 is 0. The average Bonchev–Trinajstić information content (AvgIpc) is 2.17. The highest BCUT2D eigenvalue weighted by molar-refractivity contribution is 5.99. The summed E-state index contributed by atoms with van der Waals surface area (Å²) in [4.78, 5) is 13.1. The van der Waals surface area contributed by atoms with Crippen LogP contribution in [0.1, 0.15) is 10.4 Å². The number of hydrogen-bond acceptors (Lipinski definition) is 3. The molecule has 1 aromatic rings. The van der Waals surface area contributed by atoms with Crippen LogP contribution in [0.5, 0.6) is 11.5 Å². The van der Waals surface area contributed by atoms with Crippen LogP contribution in [0.15, 0.2) is 30.9 Å². The van der Waals surface area contributed by atoms with E-state index < -0.39 is 5.91 Å². The third kappa shape index (κ3) is 2.28. The lowest BCUT2D eigenvalue weighted by atomic mass is 10.1. The van der Waals surface area contributed by atoms with Crippen LogP contribution in [0.4, 0.5) is 0 Å². The molecule has 2 N–H and O–H groups in total. The highest BCUT2D eigenvalue weighted by Crippen LogP contribution is 2.27. The molecule has 1 rings (SSSR count). The first-order valence-electron chi connectivity index (χ1n) is 4.45. The van der Waals surface area contributed by atoms with E-state index in [0.29, 0.717) is 6.54 Å². The molecule has 0 atom stereocenters. The number of nitrogens with zero attached hydrogens (tertiary/aromatic N) is 1. The van der Waals surface area contributed by atoms with Crippen molar-refractivity contribution in [2.75, 3.05) is 13.6 Å². The minimum Gasteiger partial charge on any atom is -0.507 e. The molecular formula is C11H13NO3. The van der Waals surface area contributed by atoms with E-state index in [4.69, 9.17) is 0 Å². The SMILES string of the molecule is C=CCN(C)C(=O)c1c(O)cccc1O. The highest BCUT2D eigenvalue weighted by Gasteiger charge is 2.18. The Morgan fingerprint density at radius 2 is 2.00 bits per heavy atom. The minimum atomic E-state index is -0.439. The molecule has 0 spiro atoms. The van der Waals surface area contributed by atoms with Crippen molar-refractivity contribution in [3.8, 4) is 11.5 Å². The van der Waals surface area contributed by atoms with Crippen molar-refractivity contribution in [3.63, 3.8) is 0 Å². The number of hydrogen-bond donors (Lipinski definition) is 2. The predicted octanol–water partition coefficient (Wildman–Crippen LogP) is 1.36. The fourth-order valence-electron chi connectivity index (χ4n) is 1.21. The van der Waals surface area contributed by atoms with Crippen molar-refractivity contribution in [2.45, 2.75) is 0 Å². The Kier molecular flexibility index (Phi) is 3.33. The molecule has 4 nitrogen and oxygen atoms in total. The van der Waals surface area contributed by atoms with Gasteiger partial charge in [0.15, 0.2) is 0 Å². The normalized spacial score (nSPS) is 9.67. The first-order chi connectivity index (χ1) is 7.07. The van der Waals surface area contributed by atoms with Gasteiger partial charge in [0.2, 0.25) is 0 Å². The molecule has 1 aromatic carbocycles. The first-order valence-corrected chi connectivity index (χ1v) is 4.45. The molecule has 0 aliphatic rings. The van der Waals surface area contributed by atoms with Crippen molar-refractivity contribution < 1.29 is 15.0 Å². The van der Waals surface area contributed by atoms with Gasteiger partial charge in [0.1, 0.15) is 17.1 Å². The van der Waals surface area contributed by atoms with Gasteiger partial charge in [-0.3, -0.25) is 4.79 Å². The molecule has 1 amide bonds. The number of carbonyl (C=O) groups excluding carboxylic acids is 1. The van der Waals surface area contributed by atoms with E-state index in [2.05, 4.69) is 6.58 Å². The number of likely N-dealkylation sites (N-methyl/N-ethyl adjacent to an activating group) is 1. The summed E-state index contributed by atoms with van der Waals surface area (Å²) in [7, 11) is 1.57. The molecule has 0 fully saturated rings. The van der Waals surface area contributed by atoms with Gasteiger partial charge >= 0.3 is 0 Å². The number of phenols is 2. The summed E-state index contributed by atoms with van der Waals surface area (Å²) in [5, 5.41) is 18.9. The number of amides is 1. The maximum atomic E-state index is 11.7. The molecule has 15 heavy (non-hydrogen) atoms. The lowest BCUT2D eigenvalue weighted by molar-refractivity contribution is 0.0804. The summed E-state index contributed by atoms with van der Waals surface area (Å²) in [5.41, 5.74) is -0.0816. The maximum absolute atomic E-state index is 11.7. The molecular weight excluding hydrogens is 194 g/mol. The third-order valence-corrected chi connectivity index (χ3v) is 1.98. The second-order valence-corrected chi connectivity index (χ2v) is 3.15. The van der Waals surface area contributed by atoms with Crippen LogP contribution in [0.2, 0.25) is 0 Å². The quantitative estimate of drug-likeness (QED) is 0.735. The molecule has 0 saturated heterocycles. The molecule has 4 heteroatoms. The zero-order valence-electron chi connectivity index (χ0n) is 8.47. The number of rotatable bonds is 3. The standard InChI is InChI=1S/C11H13NO3/c1-3-7-12(2)11(15)10-8(13)5-4-6-9(10)14/h3-6,13-14H,1,7H2,2H3. The fourth-order valence-corrected chi connectivity index (χ4v) is 1.21. The Balaban J connectivity index is 3.05. The molecule has 0 bridgehead atoms. The van der Waals surface area contributed by atoms with E-state index >= 15 is 0 Å². The van der Waals surface area contributed by atoms with Gasteiger partial charge in [-0.1, -0.05) is 12.1 Å². The van der Waals surface area contributed by atoms with Gasteiger partial charge in [0, 0.05) is 13.6 Å². The van der Waals surface area contributed by atoms with E-state index in [9.17, 15) is 15.0 Å². The second kappa shape index (κ2) is 4.50. The van der Waals surface area contributed by atoms with E-state index in [1.165, 1.54) is 23.1 Å². The second-order valence-electron chi connectivity index (χ2n) is 3.15. The number of benzene rings is 1. The minimum absolute atomic E-state index is 0.0816. The van der Waals surface area contributed by atoms with Crippen LogP contribution in [0, 0.1) is 0 Å². The zero-order chi connectivity index (χ0) is 11.4. The summed E-state index contributed by atoms with van der Waals surface area (Å²) in [5.74, 6) is -0.891. The average molecular weight is 207 g/mol. The van der Waals surface area contributed by atoms with Gasteiger partial charge in [0.25, 0.3) is 5.91 Å². The van der Waals surface area contributed by atoms with Crippen molar-refractivity contribution in [1.82, 2.24) is 4.90 Å². The Morgan fingerprint density at radius 1 is 1.47 bits per heavy atom. The lowest BCUT2D eigenvalue weighted by Gasteiger charge is -2.16. The van der Waals surface area contributed by atoms with Crippen molar-refractivity contribution in [2.24, 2.45) is 0 Å². The molecule has 80 valence electrons. The highest BCUT2D eigenvalue weighted by atomic mass is 16.3. The number of phenolic OH excluding ortho intramolecular Hbond substituents is 2. The lowest BCUT2D eigenvalue weighted by Crippen LogP contribution is -2.26. The Labute approximate surface area is 88.1 Å². The maximum Gasteiger partial charge on any atom is 0.261 e. The molecule has 0 saturated carbocycles. The van der Waals surface area contributed by atoms with Crippen LogP contribution in [-0.2, 0) is 0 Å². The fraction of sp³-hybridized carbons (Fsp3) is 0.182. The van der Waals surface area contributed by atoms with Gasteiger partial charge in [-0.25, -0.2) is 0 Å². The van der Waals surface area contributed by atoms with Crippen molar-refractivity contribution in [3.05, 3.63) is 36.4 Å². The van der Waals surface area contributed by atoms with Crippen LogP contribution in [0.3, 0.4) is 0 Å². The summed E-state index contributed by atoms with van der Waals surface area (Å²) < 4.78 is 0. The van der Waals surface area contributed by atoms with Crippen LogP contribution in [-0.4, -0.2) is 34.6 Å². The zero-order valence-corrected chi connectivity index (χ0v) is 8.47. The largest absolute Gasteiger partial charge is 0.507 e. The van der Waals surface area contributed by atoms with E-state index in [-0.39, 0.29) is 17.1 Å². The van der Waals surface area contributed by atoms with Crippen LogP contribution < -0.4 is 0 Å². The van der Waals surface area contributed by atoms with Gasteiger partial charge in [-0.2, -0.15) is 0 Å². The van der Waals surface area contributed by atoms with Gasteiger partial charge < -0.3 is 15.1 Å². The van der Waals surface area contributed by atoms with E-state index in [1.54, 1.807) is 13.1 Å². The monoisotopic (exact) mass is 207 g/mol. The van der Waals surface area contributed by atoms with Crippen molar-refractivity contribution >= 4 is 5.91 Å². The first kappa shape index (κ1) is 11.1. The third-order valence-electron chi connectivity index (χ3n) is 1.98. The van der Waals surface area contributed by atoms with E-state index in [0.717, 1.165) is 0 Å². The molecule has 0 heterocycles. The summed E-state index contributed by atoms with van der Waals surface area (Å²) in [6.07, 6.45) is 1.56. The number of aromatic hydroxyl groups is 2. The molecule has 0 aliphatic carbocycles. The van der Waals surface area contributed by atoms with Crippen molar-refractivity contribution in [1.29, 1.82) is 0 Å². The summed E-state index contributed by atoms with van der Waals surface area (Å²) in [6, 6.07) is 4.18. The molecule has 0 aliphatic heterocycles. The Morgan fingerprint density at radius 3 is 2.47 bits per heavy atom. The number of carbonyl (C=O) groups is 1. The predicted molar refractivity (Wildman–Crippen MR) is 56.9 cm³/mol. The van der Waals surface area contributed by atoms with Gasteiger partial charge in [-0.15, -0.1) is 6.58 Å². The Hall–Kier alpha value is -1.97. The Bertz CT molecular complexity index is 367. The molecule has 0 aromatic heterocycles. The summed E-state index contributed by atoms with van der Waals surface area (Å²) in [6.45, 7) is 3.86. The topological polar surface area (TPSA) is 60.8 Å². The molecule has 0 radical (unpaired) electrons. The van der Waals surface area contributed by atoms with Crippen LogP contribution >= 0.6 is 0 Å².